The highest BCUT2D eigenvalue weighted by molar-refractivity contribution is 6.89. The van der Waals surface area contributed by atoms with Crippen LogP contribution in [0.1, 0.15) is 38.8 Å². The van der Waals surface area contributed by atoms with E-state index in [0.29, 0.717) is 0 Å². The Hall–Kier alpha value is -0.578. The molecule has 0 saturated carbocycles. The molecule has 1 fully saturated rings. The maximum Gasteiger partial charge on any atom is 0.494 e. The van der Waals surface area contributed by atoms with Gasteiger partial charge in [0.2, 0.25) is 0 Å². The van der Waals surface area contributed by atoms with Crippen LogP contribution in [-0.2, 0) is 9.31 Å². The lowest BCUT2D eigenvalue weighted by Crippen LogP contribution is -2.45. The lowest BCUT2D eigenvalue weighted by Gasteiger charge is -2.32. The average molecular weight is 304 g/mol. The maximum atomic E-state index is 6.21. The van der Waals surface area contributed by atoms with Gasteiger partial charge in [0.25, 0.3) is 0 Å². The Morgan fingerprint density at radius 1 is 0.905 bits per heavy atom. The predicted molar refractivity (Wildman–Crippen MR) is 94.6 cm³/mol. The van der Waals surface area contributed by atoms with Gasteiger partial charge in [0.15, 0.2) is 0 Å². The fraction of sp³-hybridized carbons (Fsp3) is 0.647. The first-order valence-electron chi connectivity index (χ1n) is 7.82. The Morgan fingerprint density at radius 2 is 1.38 bits per heavy atom. The third-order valence-electron chi connectivity index (χ3n) is 5.02. The summed E-state index contributed by atoms with van der Waals surface area (Å²) in [6, 6.07) is 4.54. The molecule has 2 rings (SSSR count). The summed E-state index contributed by atoms with van der Waals surface area (Å²) < 4.78 is 12.4. The lowest BCUT2D eigenvalue weighted by atomic mass is 9.78. The molecule has 116 valence electrons. The highest BCUT2D eigenvalue weighted by Crippen LogP contribution is 2.36. The average Bonchev–Trinajstić information content (AvgIpc) is 2.50. The van der Waals surface area contributed by atoms with Crippen molar-refractivity contribution in [3.8, 4) is 0 Å². The summed E-state index contributed by atoms with van der Waals surface area (Å²) in [5, 5.41) is 1.51. The van der Waals surface area contributed by atoms with Gasteiger partial charge in [-0.25, -0.2) is 0 Å². The van der Waals surface area contributed by atoms with E-state index in [1.807, 2.05) is 0 Å². The van der Waals surface area contributed by atoms with Gasteiger partial charge in [-0.15, -0.1) is 0 Å². The van der Waals surface area contributed by atoms with Crippen molar-refractivity contribution in [2.24, 2.45) is 0 Å². The van der Waals surface area contributed by atoms with Gasteiger partial charge in [-0.3, -0.25) is 0 Å². The van der Waals surface area contributed by atoms with E-state index in [-0.39, 0.29) is 18.3 Å². The zero-order chi connectivity index (χ0) is 16.2. The Morgan fingerprint density at radius 3 is 1.81 bits per heavy atom. The molecule has 0 N–H and O–H groups in total. The van der Waals surface area contributed by atoms with Crippen molar-refractivity contribution in [3.63, 3.8) is 0 Å². The molecule has 1 heterocycles. The van der Waals surface area contributed by atoms with Crippen LogP contribution in [0.5, 0.6) is 0 Å². The molecule has 1 aliphatic heterocycles. The molecule has 0 spiro atoms. The summed E-state index contributed by atoms with van der Waals surface area (Å²) in [6.45, 7) is 20.0. The summed E-state index contributed by atoms with van der Waals surface area (Å²) in [4.78, 5) is 0. The highest BCUT2D eigenvalue weighted by Gasteiger charge is 2.51. The molecule has 21 heavy (non-hydrogen) atoms. The summed E-state index contributed by atoms with van der Waals surface area (Å²) in [6.07, 6.45) is 0. The molecule has 1 saturated heterocycles. The Bertz CT molecular complexity index is 543. The number of aryl methyl sites for hydroxylation is 1. The number of rotatable bonds is 2. The van der Waals surface area contributed by atoms with Crippen molar-refractivity contribution in [1.82, 2.24) is 0 Å². The number of hydrogen-bond donors (Lipinski definition) is 0. The second-order valence-corrected chi connectivity index (χ2v) is 13.4. The summed E-state index contributed by atoms with van der Waals surface area (Å²) in [7, 11) is -1.63. The van der Waals surface area contributed by atoms with Gasteiger partial charge in [-0.05, 0) is 58.1 Å². The minimum atomic E-state index is -1.37. The zero-order valence-electron chi connectivity index (χ0n) is 15.0. The van der Waals surface area contributed by atoms with Crippen molar-refractivity contribution >= 4 is 25.8 Å². The first kappa shape index (κ1) is 16.8. The van der Waals surface area contributed by atoms with Gasteiger partial charge in [-0.2, -0.15) is 0 Å². The minimum Gasteiger partial charge on any atom is -0.399 e. The van der Waals surface area contributed by atoms with E-state index < -0.39 is 8.07 Å². The van der Waals surface area contributed by atoms with Crippen LogP contribution in [0.4, 0.5) is 0 Å². The molecule has 1 aliphatic rings. The van der Waals surface area contributed by atoms with E-state index >= 15 is 0 Å². The van der Waals surface area contributed by atoms with Crippen molar-refractivity contribution in [2.75, 3.05) is 0 Å². The monoisotopic (exact) mass is 304 g/mol. The van der Waals surface area contributed by atoms with Crippen molar-refractivity contribution < 1.29 is 9.31 Å². The third kappa shape index (κ3) is 2.99. The molecule has 0 atom stereocenters. The fourth-order valence-electron chi connectivity index (χ4n) is 2.78. The van der Waals surface area contributed by atoms with E-state index in [1.54, 1.807) is 0 Å². The maximum absolute atomic E-state index is 6.21. The summed E-state index contributed by atoms with van der Waals surface area (Å²) >= 11 is 0. The Balaban J connectivity index is 2.46. The second-order valence-electron chi connectivity index (χ2n) is 8.35. The zero-order valence-corrected chi connectivity index (χ0v) is 16.0. The standard InChI is InChI=1S/C17H29BO2Si/c1-12-10-14(11-15(13(12)2)21(7,8)9)18-19-16(3,4)17(5,6)20-18/h10-11H,1-9H3. The molecular formula is C17H29BO2Si. The smallest absolute Gasteiger partial charge is 0.399 e. The fourth-order valence-corrected chi connectivity index (χ4v) is 4.70. The van der Waals surface area contributed by atoms with Gasteiger partial charge in [0, 0.05) is 0 Å². The van der Waals surface area contributed by atoms with Crippen LogP contribution in [0, 0.1) is 13.8 Å². The van der Waals surface area contributed by atoms with Crippen LogP contribution < -0.4 is 10.6 Å². The van der Waals surface area contributed by atoms with Crippen LogP contribution in [0.2, 0.25) is 19.6 Å². The van der Waals surface area contributed by atoms with E-state index in [9.17, 15) is 0 Å². The number of benzene rings is 1. The molecule has 0 amide bonds. The van der Waals surface area contributed by atoms with Crippen LogP contribution >= 0.6 is 0 Å². The van der Waals surface area contributed by atoms with Crippen LogP contribution in [0.25, 0.3) is 0 Å². The molecule has 2 nitrogen and oxygen atoms in total. The summed E-state index contributed by atoms with van der Waals surface area (Å²) in [5.74, 6) is 0. The SMILES string of the molecule is Cc1cc(B2OC(C)(C)C(C)(C)O2)cc([Si](C)(C)C)c1C. The predicted octanol–water partition coefficient (Wildman–Crippen LogP) is 3.15. The molecular weight excluding hydrogens is 275 g/mol. The largest absolute Gasteiger partial charge is 0.494 e. The van der Waals surface area contributed by atoms with Gasteiger partial charge >= 0.3 is 7.12 Å². The molecule has 0 aromatic heterocycles. The third-order valence-corrected chi connectivity index (χ3v) is 7.16. The Kier molecular flexibility index (Phi) is 3.97. The van der Waals surface area contributed by atoms with Crippen molar-refractivity contribution in [3.05, 3.63) is 23.3 Å². The molecule has 1 aromatic rings. The van der Waals surface area contributed by atoms with Crippen molar-refractivity contribution in [2.45, 2.75) is 72.4 Å². The molecule has 4 heteroatoms. The molecule has 0 unspecified atom stereocenters. The van der Waals surface area contributed by atoms with E-state index in [4.69, 9.17) is 9.31 Å². The number of hydrogen-bond acceptors (Lipinski definition) is 2. The van der Waals surface area contributed by atoms with Gasteiger partial charge in [0.1, 0.15) is 0 Å². The molecule has 0 bridgehead atoms. The van der Waals surface area contributed by atoms with E-state index in [1.165, 1.54) is 16.3 Å². The van der Waals surface area contributed by atoms with Gasteiger partial charge in [-0.1, -0.05) is 37.0 Å². The first-order valence-corrected chi connectivity index (χ1v) is 11.3. The first-order chi connectivity index (χ1) is 9.35. The van der Waals surface area contributed by atoms with Crippen LogP contribution in [0.3, 0.4) is 0 Å². The normalized spacial score (nSPS) is 20.9. The second kappa shape index (κ2) is 4.97. The molecule has 0 aliphatic carbocycles. The Labute approximate surface area is 131 Å². The molecule has 0 radical (unpaired) electrons. The van der Waals surface area contributed by atoms with Crippen LogP contribution in [-0.4, -0.2) is 26.4 Å². The minimum absolute atomic E-state index is 0.260. The van der Waals surface area contributed by atoms with Gasteiger partial charge in [0.05, 0.1) is 19.3 Å². The van der Waals surface area contributed by atoms with Gasteiger partial charge < -0.3 is 9.31 Å². The van der Waals surface area contributed by atoms with E-state index in [2.05, 4.69) is 73.3 Å². The van der Waals surface area contributed by atoms with E-state index in [0.717, 1.165) is 5.46 Å². The quantitative estimate of drug-likeness (QED) is 0.782. The van der Waals surface area contributed by atoms with Crippen LogP contribution in [0.15, 0.2) is 12.1 Å². The highest BCUT2D eigenvalue weighted by atomic mass is 28.3. The topological polar surface area (TPSA) is 18.5 Å². The van der Waals surface area contributed by atoms with Crippen molar-refractivity contribution in [1.29, 1.82) is 0 Å². The molecule has 1 aromatic carbocycles. The lowest BCUT2D eigenvalue weighted by molar-refractivity contribution is 0.00578. The summed E-state index contributed by atoms with van der Waals surface area (Å²) in [5.41, 5.74) is 3.36.